The van der Waals surface area contributed by atoms with Crippen molar-refractivity contribution in [1.29, 1.82) is 5.26 Å². The summed E-state index contributed by atoms with van der Waals surface area (Å²) in [7, 11) is 0. The van der Waals surface area contributed by atoms with Gasteiger partial charge in [0, 0.05) is 22.7 Å². The minimum absolute atomic E-state index is 0.0737. The molecule has 0 unspecified atom stereocenters. The van der Waals surface area contributed by atoms with Crippen LogP contribution in [0, 0.1) is 17.1 Å². The van der Waals surface area contributed by atoms with E-state index in [-0.39, 0.29) is 10.9 Å². The predicted molar refractivity (Wildman–Crippen MR) is 46.5 cm³/mol. The molecule has 14 heavy (non-hydrogen) atoms. The molecule has 0 saturated heterocycles. The minimum Gasteiger partial charge on any atom is -0.242 e. The SMILES string of the molecule is N#Cc1ncc(C(F)F)c(CBr)c1F. The van der Waals surface area contributed by atoms with Gasteiger partial charge >= 0.3 is 0 Å². The Kier molecular flexibility index (Phi) is 3.47. The van der Waals surface area contributed by atoms with Gasteiger partial charge in [-0.25, -0.2) is 18.2 Å². The van der Waals surface area contributed by atoms with Gasteiger partial charge in [-0.15, -0.1) is 0 Å². The van der Waals surface area contributed by atoms with Crippen LogP contribution in [0.5, 0.6) is 0 Å². The van der Waals surface area contributed by atoms with Gasteiger partial charge in [0.1, 0.15) is 6.07 Å². The van der Waals surface area contributed by atoms with Crippen molar-refractivity contribution < 1.29 is 13.2 Å². The molecule has 0 spiro atoms. The van der Waals surface area contributed by atoms with Crippen molar-refractivity contribution in [2.75, 3.05) is 0 Å². The summed E-state index contributed by atoms with van der Waals surface area (Å²) in [5.74, 6) is -0.984. The van der Waals surface area contributed by atoms with E-state index in [1.54, 1.807) is 0 Å². The zero-order valence-corrected chi connectivity index (χ0v) is 8.35. The van der Waals surface area contributed by atoms with Crippen molar-refractivity contribution in [1.82, 2.24) is 4.98 Å². The van der Waals surface area contributed by atoms with Gasteiger partial charge in [0.15, 0.2) is 11.5 Å². The lowest BCUT2D eigenvalue weighted by molar-refractivity contribution is 0.149. The first-order valence-electron chi connectivity index (χ1n) is 3.53. The summed E-state index contributed by atoms with van der Waals surface area (Å²) in [5, 5.41) is 8.34. The molecule has 6 heteroatoms. The maximum Gasteiger partial charge on any atom is 0.265 e. The van der Waals surface area contributed by atoms with Crippen LogP contribution in [0.3, 0.4) is 0 Å². The summed E-state index contributed by atoms with van der Waals surface area (Å²) in [5.41, 5.74) is -1.17. The summed E-state index contributed by atoms with van der Waals surface area (Å²) >= 11 is 2.88. The smallest absolute Gasteiger partial charge is 0.242 e. The first-order valence-corrected chi connectivity index (χ1v) is 4.65. The Morgan fingerprint density at radius 1 is 1.57 bits per heavy atom. The molecular formula is C8H4BrF3N2. The second kappa shape index (κ2) is 4.42. The highest BCUT2D eigenvalue weighted by atomic mass is 79.9. The van der Waals surface area contributed by atoms with E-state index >= 15 is 0 Å². The zero-order chi connectivity index (χ0) is 10.7. The Hall–Kier alpha value is -1.09. The summed E-state index contributed by atoms with van der Waals surface area (Å²) in [6.45, 7) is 0. The highest BCUT2D eigenvalue weighted by Gasteiger charge is 2.19. The molecule has 0 N–H and O–H groups in total. The quantitative estimate of drug-likeness (QED) is 0.771. The molecule has 0 atom stereocenters. The first-order chi connectivity index (χ1) is 6.61. The third kappa shape index (κ3) is 1.87. The fourth-order valence-electron chi connectivity index (χ4n) is 0.940. The Morgan fingerprint density at radius 3 is 2.64 bits per heavy atom. The number of alkyl halides is 3. The Balaban J connectivity index is 3.38. The van der Waals surface area contributed by atoms with Crippen molar-refractivity contribution in [2.24, 2.45) is 0 Å². The van der Waals surface area contributed by atoms with E-state index in [4.69, 9.17) is 5.26 Å². The molecule has 1 heterocycles. The van der Waals surface area contributed by atoms with Gasteiger partial charge in [-0.2, -0.15) is 5.26 Å². The van der Waals surface area contributed by atoms with Crippen molar-refractivity contribution in [3.05, 3.63) is 28.8 Å². The molecule has 1 rings (SSSR count). The van der Waals surface area contributed by atoms with Crippen LogP contribution in [-0.2, 0) is 5.33 Å². The van der Waals surface area contributed by atoms with Crippen molar-refractivity contribution >= 4 is 15.9 Å². The van der Waals surface area contributed by atoms with Gasteiger partial charge in [-0.3, -0.25) is 0 Å². The Morgan fingerprint density at radius 2 is 2.21 bits per heavy atom. The predicted octanol–water partition coefficient (Wildman–Crippen LogP) is 2.92. The lowest BCUT2D eigenvalue weighted by Gasteiger charge is -2.06. The van der Waals surface area contributed by atoms with E-state index in [9.17, 15) is 13.2 Å². The van der Waals surface area contributed by atoms with Gasteiger partial charge in [-0.05, 0) is 0 Å². The van der Waals surface area contributed by atoms with Crippen LogP contribution in [-0.4, -0.2) is 4.98 Å². The van der Waals surface area contributed by atoms with E-state index in [1.807, 2.05) is 0 Å². The number of hydrogen-bond donors (Lipinski definition) is 0. The number of nitrogens with zero attached hydrogens (tertiary/aromatic N) is 2. The maximum atomic E-state index is 13.2. The van der Waals surface area contributed by atoms with Crippen LogP contribution < -0.4 is 0 Å². The fraction of sp³-hybridized carbons (Fsp3) is 0.250. The van der Waals surface area contributed by atoms with Crippen LogP contribution in [0.15, 0.2) is 6.20 Å². The largest absolute Gasteiger partial charge is 0.265 e. The van der Waals surface area contributed by atoms with E-state index < -0.39 is 23.5 Å². The van der Waals surface area contributed by atoms with Gasteiger partial charge in [-0.1, -0.05) is 15.9 Å². The third-order valence-electron chi connectivity index (χ3n) is 1.63. The number of nitriles is 1. The molecule has 0 fully saturated rings. The lowest BCUT2D eigenvalue weighted by Crippen LogP contribution is -2.01. The lowest BCUT2D eigenvalue weighted by atomic mass is 10.1. The second-order valence-electron chi connectivity index (χ2n) is 2.40. The van der Waals surface area contributed by atoms with Gasteiger partial charge in [0.05, 0.1) is 0 Å². The molecule has 0 aromatic carbocycles. The number of pyridine rings is 1. The number of halogens is 4. The average Bonchev–Trinajstić information content (AvgIpc) is 2.17. The van der Waals surface area contributed by atoms with Gasteiger partial charge < -0.3 is 0 Å². The van der Waals surface area contributed by atoms with Crippen LogP contribution in [0.2, 0.25) is 0 Å². The molecule has 0 saturated carbocycles. The van der Waals surface area contributed by atoms with Crippen LogP contribution in [0.25, 0.3) is 0 Å². The zero-order valence-electron chi connectivity index (χ0n) is 6.77. The number of aromatic nitrogens is 1. The van der Waals surface area contributed by atoms with Crippen LogP contribution >= 0.6 is 15.9 Å². The molecule has 2 nitrogen and oxygen atoms in total. The van der Waals surface area contributed by atoms with E-state index in [1.165, 1.54) is 6.07 Å². The van der Waals surface area contributed by atoms with E-state index in [0.717, 1.165) is 6.20 Å². The van der Waals surface area contributed by atoms with E-state index in [0.29, 0.717) is 0 Å². The monoisotopic (exact) mass is 264 g/mol. The topological polar surface area (TPSA) is 36.7 Å². The summed E-state index contributed by atoms with van der Waals surface area (Å²) in [6.07, 6.45) is -1.97. The minimum atomic E-state index is -2.79. The van der Waals surface area contributed by atoms with Crippen molar-refractivity contribution in [3.8, 4) is 6.07 Å². The highest BCUT2D eigenvalue weighted by molar-refractivity contribution is 9.08. The molecule has 0 aliphatic rings. The van der Waals surface area contributed by atoms with Crippen LogP contribution in [0.4, 0.5) is 13.2 Å². The van der Waals surface area contributed by atoms with E-state index in [2.05, 4.69) is 20.9 Å². The molecule has 0 bridgehead atoms. The number of rotatable bonds is 2. The van der Waals surface area contributed by atoms with Crippen molar-refractivity contribution in [2.45, 2.75) is 11.8 Å². The molecule has 0 radical (unpaired) electrons. The molecule has 1 aromatic heterocycles. The Labute approximate surface area is 86.5 Å². The molecule has 1 aromatic rings. The van der Waals surface area contributed by atoms with Crippen LogP contribution in [0.1, 0.15) is 23.2 Å². The number of hydrogen-bond acceptors (Lipinski definition) is 2. The van der Waals surface area contributed by atoms with Gasteiger partial charge in [0.25, 0.3) is 6.43 Å². The maximum absolute atomic E-state index is 13.2. The molecule has 74 valence electrons. The normalized spacial score (nSPS) is 10.3. The summed E-state index contributed by atoms with van der Waals surface area (Å²) < 4.78 is 37.9. The molecular weight excluding hydrogens is 261 g/mol. The molecule has 0 amide bonds. The van der Waals surface area contributed by atoms with Gasteiger partial charge in [0.2, 0.25) is 0 Å². The first kappa shape index (κ1) is 11.0. The molecule has 0 aliphatic carbocycles. The third-order valence-corrected chi connectivity index (χ3v) is 2.19. The standard InChI is InChI=1S/C8H4BrF3N2/c9-1-4-5(8(11)12)3-14-6(2-13)7(4)10/h3,8H,1H2. The Bertz CT molecular complexity index is 387. The molecule has 0 aliphatic heterocycles. The second-order valence-corrected chi connectivity index (χ2v) is 2.96. The average molecular weight is 265 g/mol. The highest BCUT2D eigenvalue weighted by Crippen LogP contribution is 2.26. The summed E-state index contributed by atoms with van der Waals surface area (Å²) in [4.78, 5) is 3.29. The summed E-state index contributed by atoms with van der Waals surface area (Å²) in [6, 6.07) is 1.48. The van der Waals surface area contributed by atoms with Crippen molar-refractivity contribution in [3.63, 3.8) is 0 Å². The fourth-order valence-corrected chi connectivity index (χ4v) is 1.51.